The number of halogens is 1. The molecule has 4 rings (SSSR count). The van der Waals surface area contributed by atoms with Gasteiger partial charge in [-0.1, -0.05) is 24.6 Å². The summed E-state index contributed by atoms with van der Waals surface area (Å²) in [6.07, 6.45) is 3.88. The standard InChI is InChI=1S/C20H24N4OS.BrH/c21-20-23(13-12-22-10-4-1-5-11-22)16-7-2-3-8-17(16)24(20)15-18(25)19-9-6-14-26-19;/h2-3,6-9,14,21H,1,4-5,10-13,15H2;1H/p-1. The van der Waals surface area contributed by atoms with Crippen molar-refractivity contribution < 1.29 is 21.8 Å². The molecule has 1 aliphatic heterocycles. The fourth-order valence-corrected chi connectivity index (χ4v) is 4.42. The molecule has 0 spiro atoms. The molecule has 0 radical (unpaired) electrons. The van der Waals surface area contributed by atoms with Crippen LogP contribution in [0.5, 0.6) is 0 Å². The van der Waals surface area contributed by atoms with Gasteiger partial charge >= 0.3 is 0 Å². The lowest BCUT2D eigenvalue weighted by Gasteiger charge is -2.26. The van der Waals surface area contributed by atoms with Crippen LogP contribution < -0.4 is 22.6 Å². The minimum absolute atomic E-state index is 0. The van der Waals surface area contributed by atoms with Crippen molar-refractivity contribution in [3.8, 4) is 0 Å². The molecule has 0 unspecified atom stereocenters. The summed E-state index contributed by atoms with van der Waals surface area (Å²) in [5.74, 6) is 0.0671. The van der Waals surface area contributed by atoms with E-state index in [1.165, 1.54) is 30.6 Å². The minimum Gasteiger partial charge on any atom is -1.00 e. The first-order valence-electron chi connectivity index (χ1n) is 9.26. The Bertz CT molecular complexity index is 954. The van der Waals surface area contributed by atoms with Crippen LogP contribution in [0, 0.1) is 5.41 Å². The molecule has 0 atom stereocenters. The normalized spacial score (nSPS) is 15.0. The number of para-hydroxylation sites is 2. The van der Waals surface area contributed by atoms with E-state index in [1.54, 1.807) is 0 Å². The Balaban J connectivity index is 0.00000210. The summed E-state index contributed by atoms with van der Waals surface area (Å²) in [6, 6.07) is 11.8. The van der Waals surface area contributed by atoms with E-state index < -0.39 is 0 Å². The monoisotopic (exact) mass is 447 g/mol. The first kappa shape index (κ1) is 20.0. The molecule has 1 aliphatic rings. The number of fused-ring (bicyclic) bond motifs is 1. The van der Waals surface area contributed by atoms with Gasteiger partial charge in [-0.2, -0.15) is 0 Å². The summed E-state index contributed by atoms with van der Waals surface area (Å²) in [4.78, 5) is 15.8. The number of piperidine rings is 1. The summed E-state index contributed by atoms with van der Waals surface area (Å²) in [7, 11) is 0. The van der Waals surface area contributed by atoms with Gasteiger partial charge in [0.15, 0.2) is 5.78 Å². The molecule has 7 heteroatoms. The number of imidazole rings is 1. The number of Topliss-reactive ketones (excluding diaryl/α,β-unsaturated/α-hetero) is 1. The van der Waals surface area contributed by atoms with Crippen molar-refractivity contribution >= 4 is 28.2 Å². The predicted molar refractivity (Wildman–Crippen MR) is 105 cm³/mol. The molecular weight excluding hydrogens is 424 g/mol. The summed E-state index contributed by atoms with van der Waals surface area (Å²) in [6.45, 7) is 4.28. The van der Waals surface area contributed by atoms with Crippen molar-refractivity contribution in [2.24, 2.45) is 0 Å². The second-order valence-corrected chi connectivity index (χ2v) is 7.80. The summed E-state index contributed by atoms with van der Waals surface area (Å²) in [5.41, 5.74) is 2.41. The van der Waals surface area contributed by atoms with Crippen molar-refractivity contribution in [3.63, 3.8) is 0 Å². The summed E-state index contributed by atoms with van der Waals surface area (Å²) in [5, 5.41) is 10.6. The molecule has 0 bridgehead atoms. The second-order valence-electron chi connectivity index (χ2n) is 6.85. The number of hydrogen-bond donors (Lipinski definition) is 1. The predicted octanol–water partition coefficient (Wildman–Crippen LogP) is 0.357. The minimum atomic E-state index is 0. The highest BCUT2D eigenvalue weighted by atomic mass is 79.9. The Labute approximate surface area is 173 Å². The highest BCUT2D eigenvalue weighted by Crippen LogP contribution is 2.16. The smallest absolute Gasteiger partial charge is 0.203 e. The third kappa shape index (κ3) is 4.25. The van der Waals surface area contributed by atoms with Crippen LogP contribution in [-0.2, 0) is 13.1 Å². The Morgan fingerprint density at radius 2 is 1.67 bits per heavy atom. The van der Waals surface area contributed by atoms with Crippen molar-refractivity contribution in [3.05, 3.63) is 52.3 Å². The molecule has 3 heterocycles. The van der Waals surface area contributed by atoms with Crippen molar-refractivity contribution in [2.45, 2.75) is 32.4 Å². The number of ketones is 1. The van der Waals surface area contributed by atoms with Crippen LogP contribution in [0.25, 0.3) is 11.0 Å². The molecule has 3 aromatic rings. The molecule has 1 saturated heterocycles. The first-order valence-corrected chi connectivity index (χ1v) is 10.1. The van der Waals surface area contributed by atoms with Crippen molar-refractivity contribution in [2.75, 3.05) is 19.6 Å². The largest absolute Gasteiger partial charge is 1.00 e. The third-order valence-corrected chi connectivity index (χ3v) is 6.07. The molecule has 0 aliphatic carbocycles. The number of thiophene rings is 1. The lowest BCUT2D eigenvalue weighted by Crippen LogP contribution is -3.00. The van der Waals surface area contributed by atoms with Gasteiger partial charge in [-0.25, -0.2) is 0 Å². The molecule has 27 heavy (non-hydrogen) atoms. The number of carbonyl (C=O) groups excluding carboxylic acids is 1. The van der Waals surface area contributed by atoms with Gasteiger partial charge in [0.05, 0.1) is 22.5 Å². The van der Waals surface area contributed by atoms with Crippen LogP contribution in [0.3, 0.4) is 0 Å². The molecule has 1 aromatic carbocycles. The maximum Gasteiger partial charge on any atom is 0.203 e. The van der Waals surface area contributed by atoms with E-state index in [0.717, 1.165) is 42.1 Å². The Kier molecular flexibility index (Phi) is 6.68. The van der Waals surface area contributed by atoms with Crippen LogP contribution in [0.4, 0.5) is 0 Å². The molecule has 144 valence electrons. The quantitative estimate of drug-likeness (QED) is 0.554. The third-order valence-electron chi connectivity index (χ3n) is 5.16. The molecule has 2 aromatic heterocycles. The summed E-state index contributed by atoms with van der Waals surface area (Å²) >= 11 is 1.46. The molecule has 1 fully saturated rings. The van der Waals surface area contributed by atoms with Crippen LogP contribution in [-0.4, -0.2) is 39.5 Å². The Morgan fingerprint density at radius 3 is 2.33 bits per heavy atom. The number of likely N-dealkylation sites (tertiary alicyclic amines) is 1. The molecule has 0 saturated carbocycles. The number of nitrogens with zero attached hydrogens (tertiary/aromatic N) is 3. The maximum atomic E-state index is 12.6. The Morgan fingerprint density at radius 1 is 0.963 bits per heavy atom. The van der Waals surface area contributed by atoms with Gasteiger partial charge < -0.3 is 31.0 Å². The van der Waals surface area contributed by atoms with Gasteiger partial charge in [-0.3, -0.25) is 10.2 Å². The molecule has 5 nitrogen and oxygen atoms in total. The number of benzene rings is 1. The van der Waals surface area contributed by atoms with Gasteiger partial charge in [0.25, 0.3) is 0 Å². The topological polar surface area (TPSA) is 54.0 Å². The zero-order valence-corrected chi connectivity index (χ0v) is 17.6. The van der Waals surface area contributed by atoms with Crippen LogP contribution in [0.1, 0.15) is 28.9 Å². The number of carbonyl (C=O) groups is 1. The van der Waals surface area contributed by atoms with Crippen molar-refractivity contribution in [1.29, 1.82) is 5.41 Å². The van der Waals surface area contributed by atoms with Crippen LogP contribution in [0.15, 0.2) is 41.8 Å². The van der Waals surface area contributed by atoms with E-state index in [0.29, 0.717) is 5.62 Å². The van der Waals surface area contributed by atoms with Crippen molar-refractivity contribution in [1.82, 2.24) is 14.0 Å². The second kappa shape index (κ2) is 8.99. The SMILES string of the molecule is N=c1n(CCN2CCCCC2)c2ccccc2n1CC(=O)c1cccs1.[Br-]. The zero-order chi connectivity index (χ0) is 17.9. The van der Waals surface area contributed by atoms with E-state index >= 15 is 0 Å². The van der Waals surface area contributed by atoms with Crippen LogP contribution >= 0.6 is 11.3 Å². The zero-order valence-electron chi connectivity index (χ0n) is 15.2. The lowest BCUT2D eigenvalue weighted by molar-refractivity contribution is -0.0000134. The van der Waals surface area contributed by atoms with Crippen LogP contribution in [0.2, 0.25) is 0 Å². The fraction of sp³-hybridized carbons (Fsp3) is 0.400. The van der Waals surface area contributed by atoms with E-state index in [9.17, 15) is 4.79 Å². The van der Waals surface area contributed by atoms with Gasteiger partial charge in [0.2, 0.25) is 5.62 Å². The van der Waals surface area contributed by atoms with E-state index in [1.807, 2.05) is 44.8 Å². The first-order chi connectivity index (χ1) is 12.7. The summed E-state index contributed by atoms with van der Waals surface area (Å²) < 4.78 is 3.89. The molecule has 0 amide bonds. The average Bonchev–Trinajstić information content (AvgIpc) is 3.29. The number of rotatable bonds is 6. The van der Waals surface area contributed by atoms with Gasteiger partial charge in [0, 0.05) is 13.1 Å². The number of hydrogen-bond acceptors (Lipinski definition) is 4. The highest BCUT2D eigenvalue weighted by molar-refractivity contribution is 7.12. The van der Waals surface area contributed by atoms with Gasteiger partial charge in [-0.15, -0.1) is 11.3 Å². The van der Waals surface area contributed by atoms with E-state index in [2.05, 4.69) is 11.0 Å². The van der Waals surface area contributed by atoms with E-state index in [-0.39, 0.29) is 29.3 Å². The molecular formula is C20H24BrN4OS-. The Hall–Kier alpha value is -1.70. The van der Waals surface area contributed by atoms with E-state index in [4.69, 9.17) is 5.41 Å². The van der Waals surface area contributed by atoms with Gasteiger partial charge in [-0.05, 0) is 49.5 Å². The maximum absolute atomic E-state index is 12.6. The fourth-order valence-electron chi connectivity index (χ4n) is 3.76. The van der Waals surface area contributed by atoms with Gasteiger partial charge in [0.1, 0.15) is 0 Å². The highest BCUT2D eigenvalue weighted by Gasteiger charge is 2.16. The number of aromatic nitrogens is 2. The molecule has 1 N–H and O–H groups in total. The average molecular weight is 448 g/mol. The number of nitrogens with one attached hydrogen (secondary N) is 1. The lowest BCUT2D eigenvalue weighted by atomic mass is 10.1.